The van der Waals surface area contributed by atoms with Crippen LogP contribution in [0.5, 0.6) is 11.5 Å². The first-order valence-corrected chi connectivity index (χ1v) is 21.6. The number of aromatic nitrogens is 4. The topological polar surface area (TPSA) is 56.1 Å². The summed E-state index contributed by atoms with van der Waals surface area (Å²) >= 11 is 0. The maximum absolute atomic E-state index is 7.27. The highest BCUT2D eigenvalue weighted by Crippen LogP contribution is 2.64. The van der Waals surface area contributed by atoms with Crippen molar-refractivity contribution in [3.05, 3.63) is 247 Å². The summed E-state index contributed by atoms with van der Waals surface area (Å²) in [6, 6.07) is 79.0. The maximum atomic E-state index is 7.27. The molecule has 13 rings (SSSR count). The van der Waals surface area contributed by atoms with Crippen molar-refractivity contribution < 1.29 is 4.74 Å². The fourth-order valence-corrected chi connectivity index (χ4v) is 10.2. The van der Waals surface area contributed by atoms with Crippen molar-refractivity contribution in [2.45, 2.75) is 5.41 Å². The Bertz CT molecular complexity index is 3500. The minimum Gasteiger partial charge on any atom is -0.456 e. The zero-order valence-corrected chi connectivity index (χ0v) is 34.5. The summed E-state index contributed by atoms with van der Waals surface area (Å²) in [5.41, 5.74) is 13.2. The van der Waals surface area contributed by atoms with Gasteiger partial charge in [0.2, 0.25) is 0 Å². The highest BCUT2D eigenvalue weighted by atomic mass is 16.5. The molecule has 4 heterocycles. The first kappa shape index (κ1) is 36.1. The number of ether oxygens (including phenoxy) is 1. The monoisotopic (exact) mass is 819 g/mol. The molecule has 0 bridgehead atoms. The Balaban J connectivity index is 1.05. The summed E-state index contributed by atoms with van der Waals surface area (Å²) in [5.74, 6) is 3.56. The van der Waals surface area contributed by atoms with Gasteiger partial charge >= 0.3 is 0 Å². The lowest BCUT2D eigenvalue weighted by Gasteiger charge is -2.48. The SMILES string of the molecule is c1ccc(-c2nc(-c3ccccc3)nc(-c3cccc(-n4c5ccccc5c5c6c(ccc54)C4(c5ccccc5O6)c5ccccc5N(c5ccccc5)c5ccccc54)c3)n2)cc1. The maximum Gasteiger partial charge on any atom is 0.164 e. The molecule has 0 atom stereocenters. The molecule has 2 aliphatic heterocycles. The van der Waals surface area contributed by atoms with Crippen LogP contribution in [0.2, 0.25) is 0 Å². The number of benzene rings is 9. The molecule has 0 aliphatic carbocycles. The van der Waals surface area contributed by atoms with E-state index >= 15 is 0 Å². The molecule has 0 radical (unpaired) electrons. The number of nitrogens with zero attached hydrogens (tertiary/aromatic N) is 5. The van der Waals surface area contributed by atoms with E-state index in [-0.39, 0.29) is 0 Å². The zero-order valence-electron chi connectivity index (χ0n) is 34.5. The lowest BCUT2D eigenvalue weighted by molar-refractivity contribution is 0.439. The van der Waals surface area contributed by atoms with E-state index in [0.717, 1.165) is 83.9 Å². The molecule has 0 amide bonds. The summed E-state index contributed by atoms with van der Waals surface area (Å²) in [6.07, 6.45) is 0. The van der Waals surface area contributed by atoms with Crippen molar-refractivity contribution in [3.63, 3.8) is 0 Å². The van der Waals surface area contributed by atoms with Crippen LogP contribution in [0, 0.1) is 0 Å². The van der Waals surface area contributed by atoms with Gasteiger partial charge in [0.15, 0.2) is 17.5 Å². The summed E-state index contributed by atoms with van der Waals surface area (Å²) < 4.78 is 9.62. The molecule has 2 aliphatic rings. The lowest BCUT2D eigenvalue weighted by Crippen LogP contribution is -2.39. The highest BCUT2D eigenvalue weighted by Gasteiger charge is 2.51. The first-order chi connectivity index (χ1) is 31.8. The number of rotatable bonds is 5. The average Bonchev–Trinajstić information content (AvgIpc) is 3.72. The van der Waals surface area contributed by atoms with Crippen LogP contribution < -0.4 is 9.64 Å². The number of fused-ring (bicyclic) bond motifs is 12. The van der Waals surface area contributed by atoms with Crippen LogP contribution >= 0.6 is 0 Å². The molecule has 1 spiro atoms. The van der Waals surface area contributed by atoms with Gasteiger partial charge < -0.3 is 14.2 Å². The molecule has 9 aromatic carbocycles. The zero-order chi connectivity index (χ0) is 42.2. The van der Waals surface area contributed by atoms with Gasteiger partial charge in [-0.25, -0.2) is 15.0 Å². The fraction of sp³-hybridized carbons (Fsp3) is 0.0172. The number of hydrogen-bond donors (Lipinski definition) is 0. The predicted octanol–water partition coefficient (Wildman–Crippen LogP) is 14.2. The van der Waals surface area contributed by atoms with E-state index in [4.69, 9.17) is 19.7 Å². The van der Waals surface area contributed by atoms with Crippen molar-refractivity contribution in [1.29, 1.82) is 0 Å². The van der Waals surface area contributed by atoms with E-state index in [2.05, 4.69) is 173 Å². The number of para-hydroxylation sites is 5. The molecule has 2 aromatic heterocycles. The van der Waals surface area contributed by atoms with Gasteiger partial charge in [0.05, 0.1) is 33.2 Å². The van der Waals surface area contributed by atoms with Crippen LogP contribution in [0.15, 0.2) is 224 Å². The Morgan fingerprint density at radius 2 is 0.891 bits per heavy atom. The molecule has 11 aromatic rings. The molecular formula is C58H37N5O. The average molecular weight is 820 g/mol. The van der Waals surface area contributed by atoms with Crippen molar-refractivity contribution >= 4 is 38.9 Å². The van der Waals surface area contributed by atoms with Gasteiger partial charge in [0.1, 0.15) is 11.5 Å². The van der Waals surface area contributed by atoms with Gasteiger partial charge in [0.25, 0.3) is 0 Å². The van der Waals surface area contributed by atoms with Crippen LogP contribution in [-0.2, 0) is 5.41 Å². The molecule has 0 saturated carbocycles. The van der Waals surface area contributed by atoms with Crippen LogP contribution in [0.4, 0.5) is 17.1 Å². The Kier molecular flexibility index (Phi) is 8.02. The van der Waals surface area contributed by atoms with Crippen molar-refractivity contribution in [2.75, 3.05) is 4.90 Å². The molecule has 0 saturated heterocycles. The predicted molar refractivity (Wildman–Crippen MR) is 257 cm³/mol. The van der Waals surface area contributed by atoms with Crippen LogP contribution in [0.1, 0.15) is 22.3 Å². The van der Waals surface area contributed by atoms with Crippen LogP contribution in [0.3, 0.4) is 0 Å². The molecule has 6 nitrogen and oxygen atoms in total. The van der Waals surface area contributed by atoms with Gasteiger partial charge in [-0.2, -0.15) is 0 Å². The van der Waals surface area contributed by atoms with Gasteiger partial charge in [-0.15, -0.1) is 0 Å². The lowest BCUT2D eigenvalue weighted by atomic mass is 9.61. The molecule has 64 heavy (non-hydrogen) atoms. The van der Waals surface area contributed by atoms with E-state index in [1.807, 2.05) is 60.7 Å². The molecule has 0 fully saturated rings. The van der Waals surface area contributed by atoms with Crippen molar-refractivity contribution in [1.82, 2.24) is 19.5 Å². The standard InChI is InChI=1S/C58H37N5O/c1-4-19-38(20-5-1)55-59-56(39-21-6-2-7-22-39)61-57(60-55)40-23-18-26-42(37-40)63-48-31-14-10-27-43(48)53-51(63)36-35-47-54(53)64-52-34-17-13-30-46(52)58(47)44-28-11-15-32-49(44)62(41-24-8-3-9-25-41)50-33-16-12-29-45(50)58/h1-37H. The summed E-state index contributed by atoms with van der Waals surface area (Å²) in [5, 5.41) is 2.17. The van der Waals surface area contributed by atoms with Crippen LogP contribution in [0.25, 0.3) is 61.7 Å². The highest BCUT2D eigenvalue weighted by molar-refractivity contribution is 6.14. The largest absolute Gasteiger partial charge is 0.456 e. The second-order valence-corrected chi connectivity index (χ2v) is 16.3. The van der Waals surface area contributed by atoms with E-state index in [1.165, 1.54) is 11.1 Å². The quantitative estimate of drug-likeness (QED) is 0.173. The van der Waals surface area contributed by atoms with Crippen LogP contribution in [-0.4, -0.2) is 19.5 Å². The van der Waals surface area contributed by atoms with Gasteiger partial charge in [0, 0.05) is 44.6 Å². The molecule has 300 valence electrons. The van der Waals surface area contributed by atoms with E-state index in [1.54, 1.807) is 0 Å². The Morgan fingerprint density at radius 1 is 0.375 bits per heavy atom. The van der Waals surface area contributed by atoms with Gasteiger partial charge in [-0.05, 0) is 65.7 Å². The number of anilines is 3. The summed E-state index contributed by atoms with van der Waals surface area (Å²) in [7, 11) is 0. The molecule has 6 heteroatoms. The van der Waals surface area contributed by atoms with Gasteiger partial charge in [-0.1, -0.05) is 170 Å². The Morgan fingerprint density at radius 3 is 1.56 bits per heavy atom. The summed E-state index contributed by atoms with van der Waals surface area (Å²) in [6.45, 7) is 0. The summed E-state index contributed by atoms with van der Waals surface area (Å²) in [4.78, 5) is 17.5. The van der Waals surface area contributed by atoms with Gasteiger partial charge in [-0.3, -0.25) is 0 Å². The molecular weight excluding hydrogens is 783 g/mol. The molecule has 0 unspecified atom stereocenters. The second kappa shape index (κ2) is 14.2. The van der Waals surface area contributed by atoms with E-state index in [0.29, 0.717) is 17.5 Å². The Hall–Kier alpha value is -8.61. The van der Waals surface area contributed by atoms with Crippen molar-refractivity contribution in [3.8, 4) is 51.3 Å². The third-order valence-corrected chi connectivity index (χ3v) is 12.9. The fourth-order valence-electron chi connectivity index (χ4n) is 10.2. The number of hydrogen-bond acceptors (Lipinski definition) is 5. The van der Waals surface area contributed by atoms with Crippen molar-refractivity contribution in [2.24, 2.45) is 0 Å². The minimum absolute atomic E-state index is 0.605. The first-order valence-electron chi connectivity index (χ1n) is 21.6. The third kappa shape index (κ3) is 5.29. The smallest absolute Gasteiger partial charge is 0.164 e. The van der Waals surface area contributed by atoms with E-state index in [9.17, 15) is 0 Å². The third-order valence-electron chi connectivity index (χ3n) is 12.9. The second-order valence-electron chi connectivity index (χ2n) is 16.3. The minimum atomic E-state index is -0.689. The molecule has 0 N–H and O–H groups in total. The van der Waals surface area contributed by atoms with E-state index < -0.39 is 5.41 Å². The normalized spacial score (nSPS) is 13.2. The Labute approximate surface area is 370 Å².